The third-order valence-electron chi connectivity index (χ3n) is 3.95. The molecule has 2 aromatic rings. The minimum absolute atomic E-state index is 0.0391. The quantitative estimate of drug-likeness (QED) is 0.573. The van der Waals surface area contributed by atoms with Crippen molar-refractivity contribution < 1.29 is 19.0 Å². The van der Waals surface area contributed by atoms with Gasteiger partial charge in [0, 0.05) is 12.2 Å². The zero-order valence-electron chi connectivity index (χ0n) is 13.6. The molecule has 126 valence electrons. The van der Waals surface area contributed by atoms with Gasteiger partial charge in [0.2, 0.25) is 0 Å². The molecule has 1 atom stereocenters. The smallest absolute Gasteiger partial charge is 0.196 e. The number of ether oxygens (including phenoxy) is 3. The van der Waals surface area contributed by atoms with Crippen LogP contribution in [0.2, 0.25) is 0 Å². The van der Waals surface area contributed by atoms with Crippen LogP contribution in [0, 0.1) is 0 Å². The van der Waals surface area contributed by atoms with E-state index in [2.05, 4.69) is 0 Å². The zero-order valence-corrected chi connectivity index (χ0v) is 13.6. The number of ketones is 1. The highest BCUT2D eigenvalue weighted by atomic mass is 16.7. The van der Waals surface area contributed by atoms with Crippen LogP contribution in [0.4, 0.5) is 0 Å². The molecular weight excluding hydrogens is 304 g/mol. The third-order valence-corrected chi connectivity index (χ3v) is 3.95. The molecule has 0 N–H and O–H groups in total. The average Bonchev–Trinajstić information content (AvgIpc) is 2.66. The molecule has 24 heavy (non-hydrogen) atoms. The van der Waals surface area contributed by atoms with Gasteiger partial charge < -0.3 is 14.2 Å². The minimum atomic E-state index is -0.122. The molecule has 1 aliphatic rings. The van der Waals surface area contributed by atoms with E-state index in [-0.39, 0.29) is 12.1 Å². The number of para-hydroxylation sites is 1. The van der Waals surface area contributed by atoms with Crippen molar-refractivity contribution in [2.24, 2.45) is 0 Å². The monoisotopic (exact) mass is 326 g/mol. The van der Waals surface area contributed by atoms with E-state index in [9.17, 15) is 4.79 Å². The first-order chi connectivity index (χ1) is 11.8. The summed E-state index contributed by atoms with van der Waals surface area (Å²) in [6, 6.07) is 16.5. The molecule has 3 rings (SSSR count). The average molecular weight is 326 g/mol. The largest absolute Gasteiger partial charge is 0.490 e. The van der Waals surface area contributed by atoms with Crippen LogP contribution >= 0.6 is 0 Å². The van der Waals surface area contributed by atoms with Crippen LogP contribution in [-0.2, 0) is 9.47 Å². The Kier molecular flexibility index (Phi) is 5.99. The lowest BCUT2D eigenvalue weighted by Gasteiger charge is -2.22. The first kappa shape index (κ1) is 16.7. The summed E-state index contributed by atoms with van der Waals surface area (Å²) in [6.45, 7) is 1.59. The highest BCUT2D eigenvalue weighted by Gasteiger charge is 2.15. The van der Waals surface area contributed by atoms with E-state index in [1.165, 1.54) is 0 Å². The summed E-state index contributed by atoms with van der Waals surface area (Å²) in [5.74, 6) is 0.544. The Labute approximate surface area is 142 Å². The van der Waals surface area contributed by atoms with E-state index in [0.29, 0.717) is 30.1 Å². The predicted molar refractivity (Wildman–Crippen MR) is 91.4 cm³/mol. The maximum Gasteiger partial charge on any atom is 0.196 e. The Hall–Kier alpha value is -2.17. The maximum absolute atomic E-state index is 12.6. The van der Waals surface area contributed by atoms with Crippen LogP contribution in [0.15, 0.2) is 54.6 Å². The summed E-state index contributed by atoms with van der Waals surface area (Å²) in [4.78, 5) is 12.6. The van der Waals surface area contributed by atoms with Crippen molar-refractivity contribution in [2.75, 3.05) is 19.8 Å². The summed E-state index contributed by atoms with van der Waals surface area (Å²) in [7, 11) is 0. The molecule has 1 saturated heterocycles. The molecule has 4 nitrogen and oxygen atoms in total. The van der Waals surface area contributed by atoms with Crippen molar-refractivity contribution in [1.82, 2.24) is 0 Å². The Morgan fingerprint density at radius 3 is 2.58 bits per heavy atom. The molecule has 0 saturated carbocycles. The molecule has 1 unspecified atom stereocenters. The van der Waals surface area contributed by atoms with Crippen LogP contribution in [0.25, 0.3) is 0 Å². The fourth-order valence-electron chi connectivity index (χ4n) is 2.70. The SMILES string of the molecule is O=C(c1ccccc1)c1ccccc1OCCOC1CCCCO1. The molecule has 0 aliphatic carbocycles. The van der Waals surface area contributed by atoms with Crippen molar-refractivity contribution in [1.29, 1.82) is 0 Å². The zero-order chi connectivity index (χ0) is 16.6. The van der Waals surface area contributed by atoms with Gasteiger partial charge in [0.1, 0.15) is 12.4 Å². The van der Waals surface area contributed by atoms with Crippen molar-refractivity contribution >= 4 is 5.78 Å². The van der Waals surface area contributed by atoms with Crippen molar-refractivity contribution in [2.45, 2.75) is 25.6 Å². The van der Waals surface area contributed by atoms with Crippen LogP contribution in [0.1, 0.15) is 35.2 Å². The third kappa shape index (κ3) is 4.43. The van der Waals surface area contributed by atoms with Gasteiger partial charge in [-0.3, -0.25) is 4.79 Å². The second-order valence-corrected chi connectivity index (χ2v) is 5.71. The molecule has 1 aliphatic heterocycles. The van der Waals surface area contributed by atoms with Crippen LogP contribution < -0.4 is 4.74 Å². The van der Waals surface area contributed by atoms with E-state index < -0.39 is 0 Å². The lowest BCUT2D eigenvalue weighted by atomic mass is 10.0. The highest BCUT2D eigenvalue weighted by Crippen LogP contribution is 2.21. The van der Waals surface area contributed by atoms with Gasteiger partial charge in [0.25, 0.3) is 0 Å². The standard InChI is InChI=1S/C20H22O4/c21-20(16-8-2-1-3-9-16)17-10-4-5-11-18(17)22-14-15-24-19-12-6-7-13-23-19/h1-5,8-11,19H,6-7,12-15H2. The molecule has 2 aromatic carbocycles. The van der Waals surface area contributed by atoms with Gasteiger partial charge in [-0.15, -0.1) is 0 Å². The Balaban J connectivity index is 1.57. The van der Waals surface area contributed by atoms with Gasteiger partial charge >= 0.3 is 0 Å². The molecule has 0 amide bonds. The molecule has 0 spiro atoms. The van der Waals surface area contributed by atoms with Crippen molar-refractivity contribution in [3.05, 3.63) is 65.7 Å². The number of hydrogen-bond acceptors (Lipinski definition) is 4. The second-order valence-electron chi connectivity index (χ2n) is 5.71. The van der Waals surface area contributed by atoms with E-state index in [4.69, 9.17) is 14.2 Å². The van der Waals surface area contributed by atoms with Gasteiger partial charge in [-0.2, -0.15) is 0 Å². The van der Waals surface area contributed by atoms with Crippen LogP contribution in [0.3, 0.4) is 0 Å². The Morgan fingerprint density at radius 2 is 1.79 bits per heavy atom. The molecule has 0 aromatic heterocycles. The number of rotatable bonds is 7. The number of benzene rings is 2. The molecule has 0 radical (unpaired) electrons. The Bertz CT molecular complexity index is 648. The molecule has 1 fully saturated rings. The topological polar surface area (TPSA) is 44.8 Å². The van der Waals surface area contributed by atoms with Crippen LogP contribution in [0.5, 0.6) is 5.75 Å². The lowest BCUT2D eigenvalue weighted by molar-refractivity contribution is -0.165. The molecular formula is C20H22O4. The van der Waals surface area contributed by atoms with Crippen molar-refractivity contribution in [3.63, 3.8) is 0 Å². The maximum atomic E-state index is 12.6. The van der Waals surface area contributed by atoms with Crippen LogP contribution in [-0.4, -0.2) is 31.9 Å². The molecule has 1 heterocycles. The predicted octanol–water partition coefficient (Wildman–Crippen LogP) is 3.84. The van der Waals surface area contributed by atoms with Gasteiger partial charge in [-0.25, -0.2) is 0 Å². The van der Waals surface area contributed by atoms with Gasteiger partial charge in [-0.05, 0) is 31.4 Å². The van der Waals surface area contributed by atoms with E-state index >= 15 is 0 Å². The number of carbonyl (C=O) groups is 1. The normalized spacial score (nSPS) is 17.4. The second kappa shape index (κ2) is 8.62. The fraction of sp³-hybridized carbons (Fsp3) is 0.350. The number of carbonyl (C=O) groups excluding carboxylic acids is 1. The lowest BCUT2D eigenvalue weighted by Crippen LogP contribution is -2.24. The van der Waals surface area contributed by atoms with E-state index in [0.717, 1.165) is 25.9 Å². The molecule has 0 bridgehead atoms. The first-order valence-electron chi connectivity index (χ1n) is 8.39. The highest BCUT2D eigenvalue weighted by molar-refractivity contribution is 6.10. The fourth-order valence-corrected chi connectivity index (χ4v) is 2.70. The summed E-state index contributed by atoms with van der Waals surface area (Å²) < 4.78 is 16.9. The Morgan fingerprint density at radius 1 is 1.00 bits per heavy atom. The van der Waals surface area contributed by atoms with E-state index in [1.54, 1.807) is 6.07 Å². The summed E-state index contributed by atoms with van der Waals surface area (Å²) in [5.41, 5.74) is 1.22. The van der Waals surface area contributed by atoms with Crippen molar-refractivity contribution in [3.8, 4) is 5.75 Å². The number of hydrogen-bond donors (Lipinski definition) is 0. The summed E-state index contributed by atoms with van der Waals surface area (Å²) >= 11 is 0. The summed E-state index contributed by atoms with van der Waals surface area (Å²) in [6.07, 6.45) is 3.05. The summed E-state index contributed by atoms with van der Waals surface area (Å²) in [5, 5.41) is 0. The van der Waals surface area contributed by atoms with Gasteiger partial charge in [-0.1, -0.05) is 42.5 Å². The van der Waals surface area contributed by atoms with Gasteiger partial charge in [0.15, 0.2) is 12.1 Å². The first-order valence-corrected chi connectivity index (χ1v) is 8.39. The minimum Gasteiger partial charge on any atom is -0.490 e. The van der Waals surface area contributed by atoms with Gasteiger partial charge in [0.05, 0.1) is 12.2 Å². The molecule has 4 heteroatoms. The van der Waals surface area contributed by atoms with E-state index in [1.807, 2.05) is 48.5 Å².